The molecule has 1 atom stereocenters. The van der Waals surface area contributed by atoms with Gasteiger partial charge in [0.05, 0.1) is 5.71 Å². The summed E-state index contributed by atoms with van der Waals surface area (Å²) in [6, 6.07) is 0. The first-order chi connectivity index (χ1) is 5.49. The molecule has 4 nitrogen and oxygen atoms in total. The van der Waals surface area contributed by atoms with Gasteiger partial charge >= 0.3 is 0 Å². The average Bonchev–Trinajstić information content (AvgIpc) is 2.05. The normalized spacial score (nSPS) is 16.1. The predicted octanol–water partition coefficient (Wildman–Crippen LogP) is 1.05. The highest BCUT2D eigenvalue weighted by Gasteiger charge is 2.24. The minimum atomic E-state index is -3.11. The van der Waals surface area contributed by atoms with Crippen LogP contribution in [0.2, 0.25) is 0 Å². The Morgan fingerprint density at radius 3 is 2.25 bits per heavy atom. The Balaban J connectivity index is 4.81. The van der Waals surface area contributed by atoms with Crippen molar-refractivity contribution in [3.63, 3.8) is 0 Å². The lowest BCUT2D eigenvalue weighted by atomic mass is 10.2. The van der Waals surface area contributed by atoms with Crippen molar-refractivity contribution in [2.45, 2.75) is 32.4 Å². The Kier molecular flexibility index (Phi) is 4.23. The largest absolute Gasteiger partial charge is 0.411 e. The molecule has 12 heavy (non-hydrogen) atoms. The van der Waals surface area contributed by atoms with Gasteiger partial charge in [-0.1, -0.05) is 19.0 Å². The summed E-state index contributed by atoms with van der Waals surface area (Å²) in [5, 5.41) is 10.7. The van der Waals surface area contributed by atoms with Crippen molar-refractivity contribution in [2.24, 2.45) is 5.16 Å². The van der Waals surface area contributed by atoms with E-state index < -0.39 is 15.1 Å². The second kappa shape index (κ2) is 4.45. The molecule has 0 rings (SSSR count). The van der Waals surface area contributed by atoms with E-state index in [-0.39, 0.29) is 11.5 Å². The summed E-state index contributed by atoms with van der Waals surface area (Å²) in [7, 11) is -3.11. The molecule has 1 N–H and O–H groups in total. The van der Waals surface area contributed by atoms with E-state index in [0.29, 0.717) is 6.42 Å². The van der Waals surface area contributed by atoms with E-state index in [9.17, 15) is 8.42 Å². The van der Waals surface area contributed by atoms with E-state index in [1.807, 2.05) is 0 Å². The van der Waals surface area contributed by atoms with Gasteiger partial charge in [0.15, 0.2) is 9.84 Å². The third kappa shape index (κ3) is 2.48. The molecule has 72 valence electrons. The molecule has 0 saturated carbocycles. The number of nitrogens with zero attached hydrogens (tertiary/aromatic N) is 1. The van der Waals surface area contributed by atoms with Crippen molar-refractivity contribution >= 4 is 15.5 Å². The summed E-state index contributed by atoms with van der Waals surface area (Å²) in [5.74, 6) is 0.0817. The number of hydrogen-bond donors (Lipinski definition) is 1. The SMILES string of the molecule is CC[C@H](/C(C)=N\O)S(=O)(=O)CC. The van der Waals surface area contributed by atoms with Crippen LogP contribution in [-0.4, -0.2) is 30.3 Å². The lowest BCUT2D eigenvalue weighted by Gasteiger charge is -2.12. The van der Waals surface area contributed by atoms with E-state index in [0.717, 1.165) is 0 Å². The Hall–Kier alpha value is -0.580. The Morgan fingerprint density at radius 1 is 1.50 bits per heavy atom. The van der Waals surface area contributed by atoms with Crippen LogP contribution >= 0.6 is 0 Å². The third-order valence-corrected chi connectivity index (χ3v) is 4.18. The van der Waals surface area contributed by atoms with Crippen LogP contribution in [0, 0.1) is 0 Å². The molecule has 0 unspecified atom stereocenters. The van der Waals surface area contributed by atoms with Crippen LogP contribution in [0.3, 0.4) is 0 Å². The second-order valence-electron chi connectivity index (χ2n) is 2.59. The zero-order chi connectivity index (χ0) is 9.78. The van der Waals surface area contributed by atoms with Crippen LogP contribution in [0.4, 0.5) is 0 Å². The minimum absolute atomic E-state index is 0.0817. The van der Waals surface area contributed by atoms with Crippen LogP contribution < -0.4 is 0 Å². The van der Waals surface area contributed by atoms with Crippen LogP contribution in [0.25, 0.3) is 0 Å². The molecule has 0 saturated heterocycles. The maximum Gasteiger partial charge on any atom is 0.158 e. The lowest BCUT2D eigenvalue weighted by molar-refractivity contribution is 0.317. The number of hydrogen-bond acceptors (Lipinski definition) is 4. The summed E-state index contributed by atoms with van der Waals surface area (Å²) in [5.41, 5.74) is 0.263. The van der Waals surface area contributed by atoms with Crippen molar-refractivity contribution in [1.82, 2.24) is 0 Å². The fourth-order valence-electron chi connectivity index (χ4n) is 1.07. The van der Waals surface area contributed by atoms with E-state index in [2.05, 4.69) is 5.16 Å². The zero-order valence-electron chi connectivity index (χ0n) is 7.61. The van der Waals surface area contributed by atoms with Crippen LogP contribution in [-0.2, 0) is 9.84 Å². The van der Waals surface area contributed by atoms with Crippen LogP contribution in [0.15, 0.2) is 5.16 Å². The fourth-order valence-corrected chi connectivity index (χ4v) is 2.55. The van der Waals surface area contributed by atoms with Gasteiger partial charge in [-0.05, 0) is 13.3 Å². The molecular weight excluding hydrogens is 178 g/mol. The number of oxime groups is 1. The summed E-state index contributed by atoms with van der Waals surface area (Å²) in [6.45, 7) is 4.86. The molecule has 0 aromatic heterocycles. The first-order valence-corrected chi connectivity index (χ1v) is 5.61. The highest BCUT2D eigenvalue weighted by Crippen LogP contribution is 2.08. The topological polar surface area (TPSA) is 66.7 Å². The van der Waals surface area contributed by atoms with Crippen LogP contribution in [0.1, 0.15) is 27.2 Å². The molecule has 5 heteroatoms. The van der Waals surface area contributed by atoms with E-state index in [1.165, 1.54) is 6.92 Å². The quantitative estimate of drug-likeness (QED) is 0.412. The van der Waals surface area contributed by atoms with Gasteiger partial charge in [0, 0.05) is 5.75 Å². The van der Waals surface area contributed by atoms with Crippen molar-refractivity contribution < 1.29 is 13.6 Å². The molecule has 0 aliphatic rings. The molecule has 0 fully saturated rings. The molecule has 0 spiro atoms. The molecule has 0 heterocycles. The van der Waals surface area contributed by atoms with Crippen molar-refractivity contribution in [1.29, 1.82) is 0 Å². The van der Waals surface area contributed by atoms with Crippen molar-refractivity contribution in [3.8, 4) is 0 Å². The summed E-state index contributed by atoms with van der Waals surface area (Å²) in [4.78, 5) is 0. The molecule has 0 aromatic carbocycles. The van der Waals surface area contributed by atoms with Crippen molar-refractivity contribution in [3.05, 3.63) is 0 Å². The number of rotatable bonds is 4. The first kappa shape index (κ1) is 11.4. The first-order valence-electron chi connectivity index (χ1n) is 3.89. The Morgan fingerprint density at radius 2 is 2.00 bits per heavy atom. The maximum atomic E-state index is 11.3. The van der Waals surface area contributed by atoms with Gasteiger partial charge in [0.1, 0.15) is 5.25 Å². The summed E-state index contributed by atoms with van der Waals surface area (Å²) < 4.78 is 22.7. The van der Waals surface area contributed by atoms with Gasteiger partial charge in [-0.25, -0.2) is 8.42 Å². The molecule has 0 aliphatic heterocycles. The zero-order valence-corrected chi connectivity index (χ0v) is 8.43. The van der Waals surface area contributed by atoms with Crippen LogP contribution in [0.5, 0.6) is 0 Å². The molecular formula is C7H15NO3S. The maximum absolute atomic E-state index is 11.3. The fraction of sp³-hybridized carbons (Fsp3) is 0.857. The smallest absolute Gasteiger partial charge is 0.158 e. The Bertz CT molecular complexity index is 256. The second-order valence-corrected chi connectivity index (χ2v) is 5.06. The minimum Gasteiger partial charge on any atom is -0.411 e. The van der Waals surface area contributed by atoms with E-state index in [1.54, 1.807) is 13.8 Å². The van der Waals surface area contributed by atoms with Gasteiger partial charge in [-0.2, -0.15) is 0 Å². The Labute approximate surface area is 73.2 Å². The van der Waals surface area contributed by atoms with E-state index in [4.69, 9.17) is 5.21 Å². The van der Waals surface area contributed by atoms with Gasteiger partial charge < -0.3 is 5.21 Å². The molecule has 0 bridgehead atoms. The summed E-state index contributed by atoms with van der Waals surface area (Å²) in [6.07, 6.45) is 0.450. The summed E-state index contributed by atoms with van der Waals surface area (Å²) >= 11 is 0. The average molecular weight is 193 g/mol. The van der Waals surface area contributed by atoms with Crippen molar-refractivity contribution in [2.75, 3.05) is 5.75 Å². The highest BCUT2D eigenvalue weighted by atomic mass is 32.2. The molecule has 0 aromatic rings. The van der Waals surface area contributed by atoms with Gasteiger partial charge in [-0.3, -0.25) is 0 Å². The standard InChI is InChI=1S/C7H15NO3S/c1-4-7(6(3)8-9)12(10,11)5-2/h7,9H,4-5H2,1-3H3/b8-6-/t7-/m1/s1. The molecule has 0 aliphatic carbocycles. The molecule has 0 amide bonds. The predicted molar refractivity (Wildman–Crippen MR) is 48.4 cm³/mol. The third-order valence-electron chi connectivity index (χ3n) is 1.83. The number of sulfone groups is 1. The van der Waals surface area contributed by atoms with Gasteiger partial charge in [0.2, 0.25) is 0 Å². The van der Waals surface area contributed by atoms with Gasteiger partial charge in [0.25, 0.3) is 0 Å². The lowest BCUT2D eigenvalue weighted by Crippen LogP contribution is -2.29. The molecule has 0 radical (unpaired) electrons. The van der Waals surface area contributed by atoms with E-state index >= 15 is 0 Å². The monoisotopic (exact) mass is 193 g/mol. The highest BCUT2D eigenvalue weighted by molar-refractivity contribution is 7.92. The van der Waals surface area contributed by atoms with Gasteiger partial charge in [-0.15, -0.1) is 0 Å².